The minimum Gasteiger partial charge on any atom is -1.00 e. The summed E-state index contributed by atoms with van der Waals surface area (Å²) in [6.07, 6.45) is 12.3. The van der Waals surface area contributed by atoms with Gasteiger partial charge in [0.1, 0.15) is 0 Å². The summed E-state index contributed by atoms with van der Waals surface area (Å²) in [6, 6.07) is 17.2. The number of fused-ring (bicyclic) bond motifs is 2. The third-order valence-electron chi connectivity index (χ3n) is 4.74. The molecule has 5 heteroatoms. The van der Waals surface area contributed by atoms with E-state index in [1.807, 2.05) is 6.33 Å². The maximum absolute atomic E-state index is 4.60. The number of aromatic nitrogens is 2. The van der Waals surface area contributed by atoms with E-state index in [0.29, 0.717) is 4.22 Å². The Morgan fingerprint density at radius 3 is 2.65 bits per heavy atom. The van der Waals surface area contributed by atoms with Crippen LogP contribution in [0.1, 0.15) is 21.8 Å². The molecular formula is C21H16Cl2N2Ti. The van der Waals surface area contributed by atoms with E-state index in [0.717, 1.165) is 11.9 Å². The van der Waals surface area contributed by atoms with Gasteiger partial charge in [0.25, 0.3) is 0 Å². The smallest absolute Gasteiger partial charge is 1.00 e. The summed E-state index contributed by atoms with van der Waals surface area (Å²) in [6.45, 7) is 0. The number of benzene rings is 2. The first kappa shape index (κ1) is 19.2. The Kier molecular flexibility index (Phi) is 5.89. The molecule has 0 bridgehead atoms. The van der Waals surface area contributed by atoms with Crippen LogP contribution in [-0.2, 0) is 19.2 Å². The van der Waals surface area contributed by atoms with Gasteiger partial charge < -0.3 is 24.8 Å². The van der Waals surface area contributed by atoms with Gasteiger partial charge in [-0.3, -0.25) is 0 Å². The number of nitrogens with zero attached hydrogens (tertiary/aromatic N) is 2. The average Bonchev–Trinajstić information content (AvgIpc) is 3.34. The molecule has 0 amide bonds. The molecule has 1 heterocycles. The van der Waals surface area contributed by atoms with Crippen LogP contribution in [0, 0.1) is 0 Å². The maximum atomic E-state index is 4.60. The third-order valence-corrected chi connectivity index (χ3v) is 7.30. The first-order valence-electron chi connectivity index (χ1n) is 8.25. The zero-order valence-electron chi connectivity index (χ0n) is 13.9. The summed E-state index contributed by atoms with van der Waals surface area (Å²) >= 11 is -0.252. The van der Waals surface area contributed by atoms with Crippen molar-refractivity contribution in [3.8, 4) is 0 Å². The van der Waals surface area contributed by atoms with Crippen LogP contribution >= 0.6 is 0 Å². The van der Waals surface area contributed by atoms with Gasteiger partial charge in [0, 0.05) is 0 Å². The Morgan fingerprint density at radius 1 is 1.00 bits per heavy atom. The van der Waals surface area contributed by atoms with Gasteiger partial charge in [-0.15, -0.1) is 0 Å². The van der Waals surface area contributed by atoms with Crippen molar-refractivity contribution in [3.05, 3.63) is 88.1 Å². The Balaban J connectivity index is 0.000000980. The molecule has 1 aromatic heterocycles. The van der Waals surface area contributed by atoms with Crippen LogP contribution in [0.25, 0.3) is 22.8 Å². The molecular weight excluding hydrogens is 399 g/mol. The van der Waals surface area contributed by atoms with Crippen molar-refractivity contribution in [2.24, 2.45) is 0 Å². The van der Waals surface area contributed by atoms with Crippen LogP contribution in [0.15, 0.2) is 77.0 Å². The van der Waals surface area contributed by atoms with Gasteiger partial charge in [-0.05, 0) is 0 Å². The summed E-state index contributed by atoms with van der Waals surface area (Å²) in [7, 11) is 0. The summed E-state index contributed by atoms with van der Waals surface area (Å²) in [5.41, 5.74) is 6.50. The van der Waals surface area contributed by atoms with Crippen LogP contribution in [0.4, 0.5) is 0 Å². The molecule has 26 heavy (non-hydrogen) atoms. The van der Waals surface area contributed by atoms with E-state index in [4.69, 9.17) is 0 Å². The Labute approximate surface area is 174 Å². The van der Waals surface area contributed by atoms with Gasteiger partial charge in [-0.2, -0.15) is 0 Å². The van der Waals surface area contributed by atoms with E-state index in [1.165, 1.54) is 22.3 Å². The van der Waals surface area contributed by atoms with Crippen molar-refractivity contribution < 1.29 is 44.0 Å². The van der Waals surface area contributed by atoms with Crippen LogP contribution in [-0.4, -0.2) is 9.55 Å². The topological polar surface area (TPSA) is 17.8 Å². The summed E-state index contributed by atoms with van der Waals surface area (Å²) < 4.78 is 4.45. The predicted molar refractivity (Wildman–Crippen MR) is 94.9 cm³/mol. The molecule has 0 radical (unpaired) electrons. The minimum absolute atomic E-state index is 0. The molecule has 0 N–H and O–H groups in total. The third kappa shape index (κ3) is 3.23. The van der Waals surface area contributed by atoms with E-state index in [1.54, 1.807) is 3.88 Å². The normalized spacial score (nSPS) is 17.0. The van der Waals surface area contributed by atoms with Gasteiger partial charge in [0.2, 0.25) is 0 Å². The molecule has 2 aliphatic carbocycles. The number of halogens is 2. The van der Waals surface area contributed by atoms with Crippen molar-refractivity contribution in [1.82, 2.24) is 9.55 Å². The molecule has 2 aliphatic rings. The fraction of sp³-hybridized carbons (Fsp3) is 0.0952. The molecule has 0 fully saturated rings. The molecule has 0 aliphatic heterocycles. The van der Waals surface area contributed by atoms with Crippen molar-refractivity contribution in [2.45, 2.75) is 10.6 Å². The monoisotopic (exact) mass is 414 g/mol. The predicted octanol–water partition coefficient (Wildman–Crippen LogP) is -0.977. The number of para-hydroxylation sites is 2. The second-order valence-electron chi connectivity index (χ2n) is 6.20. The van der Waals surface area contributed by atoms with E-state index >= 15 is 0 Å². The first-order chi connectivity index (χ1) is 11.9. The Morgan fingerprint density at radius 2 is 1.81 bits per heavy atom. The molecule has 3 aromatic rings. The zero-order valence-corrected chi connectivity index (χ0v) is 17.0. The van der Waals surface area contributed by atoms with Crippen LogP contribution < -0.4 is 24.8 Å². The SMILES string of the molecule is C1=CC[C]([Ti+2][CH]2C(n3cnc4ccccc43)=Cc3ccccc32)=C1.[Cl-].[Cl-]. The summed E-state index contributed by atoms with van der Waals surface area (Å²) in [5, 5.41) is 0. The number of hydrogen-bond acceptors (Lipinski definition) is 1. The van der Waals surface area contributed by atoms with E-state index < -0.39 is 0 Å². The number of hydrogen-bond donors (Lipinski definition) is 0. The minimum atomic E-state index is -0.252. The number of rotatable bonds is 3. The van der Waals surface area contributed by atoms with Crippen molar-refractivity contribution in [3.63, 3.8) is 0 Å². The second-order valence-corrected chi connectivity index (χ2v) is 8.56. The van der Waals surface area contributed by atoms with E-state index in [9.17, 15) is 0 Å². The fourth-order valence-corrected chi connectivity index (χ4v) is 6.05. The Bertz CT molecular complexity index is 1030. The Hall–Kier alpha value is -1.58. The molecule has 128 valence electrons. The van der Waals surface area contributed by atoms with Crippen molar-refractivity contribution in [1.29, 1.82) is 0 Å². The van der Waals surface area contributed by atoms with Gasteiger partial charge in [-0.25, -0.2) is 0 Å². The molecule has 2 aromatic carbocycles. The fourth-order valence-electron chi connectivity index (χ4n) is 3.57. The molecule has 5 rings (SSSR count). The number of imidazole rings is 1. The van der Waals surface area contributed by atoms with Gasteiger partial charge in [0.05, 0.1) is 0 Å². The first-order valence-corrected chi connectivity index (χ1v) is 9.93. The van der Waals surface area contributed by atoms with Crippen LogP contribution in [0.2, 0.25) is 0 Å². The maximum Gasteiger partial charge on any atom is -1.00 e. The van der Waals surface area contributed by atoms with Crippen molar-refractivity contribution in [2.75, 3.05) is 0 Å². The quantitative estimate of drug-likeness (QED) is 0.504. The van der Waals surface area contributed by atoms with Crippen molar-refractivity contribution >= 4 is 22.8 Å². The molecule has 1 atom stereocenters. The zero-order chi connectivity index (χ0) is 15.9. The van der Waals surface area contributed by atoms with E-state index in [2.05, 4.69) is 82.4 Å². The van der Waals surface area contributed by atoms with Gasteiger partial charge in [0.15, 0.2) is 0 Å². The van der Waals surface area contributed by atoms with Crippen LogP contribution in [0.5, 0.6) is 0 Å². The molecule has 2 nitrogen and oxygen atoms in total. The molecule has 0 saturated heterocycles. The summed E-state index contributed by atoms with van der Waals surface area (Å²) in [4.78, 5) is 4.60. The van der Waals surface area contributed by atoms with Crippen LogP contribution in [0.3, 0.4) is 0 Å². The molecule has 0 saturated carbocycles. The molecule has 0 spiro atoms. The van der Waals surface area contributed by atoms with Gasteiger partial charge >= 0.3 is 150 Å². The van der Waals surface area contributed by atoms with E-state index in [-0.39, 0.29) is 44.0 Å². The summed E-state index contributed by atoms with van der Waals surface area (Å²) in [5.74, 6) is 0. The second kappa shape index (κ2) is 7.98. The van der Waals surface area contributed by atoms with Gasteiger partial charge in [-0.1, -0.05) is 0 Å². The number of allylic oxidation sites excluding steroid dienone is 5. The largest absolute Gasteiger partial charge is 1.00 e. The standard InChI is InChI=1S/C16H11N2.C5H5.2ClH.Ti/c1-2-6-13-10-14(9-12(13)5-1)18-11-17-15-7-3-4-8-16(15)18;1-2-4-5-3-1;;;/h1-11H;1-3H,4H2;2*1H;/q;;;;+2/p-2. The molecule has 1 unspecified atom stereocenters. The average molecular weight is 415 g/mol.